The largest absolute Gasteiger partial charge is 0.491 e. The van der Waals surface area contributed by atoms with Crippen LogP contribution in [-0.4, -0.2) is 122 Å². The zero-order valence-electron chi connectivity index (χ0n) is 48.4. The van der Waals surface area contributed by atoms with Gasteiger partial charge in [0.1, 0.15) is 32.8 Å². The van der Waals surface area contributed by atoms with E-state index in [-0.39, 0.29) is 0 Å². The molecule has 80 heavy (non-hydrogen) atoms. The highest BCUT2D eigenvalue weighted by Gasteiger charge is 2.30. The average Bonchev–Trinajstić information content (AvgIpc) is 4.35. The Morgan fingerprint density at radius 2 is 0.863 bits per heavy atom. The first kappa shape index (κ1) is 62.3. The number of rotatable bonds is 37. The molecule has 8 bridgehead atoms. The van der Waals surface area contributed by atoms with Crippen LogP contribution in [0.5, 0.6) is 11.5 Å². The number of ether oxygens (including phenoxy) is 8. The number of unbranched alkanes of at least 4 members (excludes halogenated alkanes) is 9. The van der Waals surface area contributed by atoms with E-state index in [0.29, 0.717) is 79.3 Å². The summed E-state index contributed by atoms with van der Waals surface area (Å²) in [6.07, 6.45) is 23.5. The summed E-state index contributed by atoms with van der Waals surface area (Å²) in [4.78, 5) is 18.6. The number of H-pyrrole nitrogens is 2. The van der Waals surface area contributed by atoms with Crippen molar-refractivity contribution in [2.45, 2.75) is 116 Å². The number of fused-ring (bicyclic) bond motifs is 8. The second kappa shape index (κ2) is 34.8. The van der Waals surface area contributed by atoms with E-state index < -0.39 is 8.07 Å². The van der Waals surface area contributed by atoms with E-state index in [1.807, 2.05) is 24.3 Å². The molecule has 7 rings (SSSR count). The molecule has 0 unspecified atom stereocenters. The van der Waals surface area contributed by atoms with Crippen molar-refractivity contribution in [3.8, 4) is 45.2 Å². The minimum atomic E-state index is -2.09. The second-order valence-electron chi connectivity index (χ2n) is 20.6. The summed E-state index contributed by atoms with van der Waals surface area (Å²) in [6, 6.07) is 28.8. The molecule has 5 aromatic rings. The summed E-state index contributed by atoms with van der Waals surface area (Å²) in [5.41, 5.74) is 15.9. The number of nitrogens with zero attached hydrogens (tertiary/aromatic N) is 2. The maximum atomic E-state index is 6.30. The van der Waals surface area contributed by atoms with Gasteiger partial charge in [-0.05, 0) is 118 Å². The van der Waals surface area contributed by atoms with Crippen LogP contribution in [0.3, 0.4) is 0 Å². The molecule has 2 aromatic carbocycles. The summed E-state index contributed by atoms with van der Waals surface area (Å²) >= 11 is 3.98. The van der Waals surface area contributed by atoms with Gasteiger partial charge in [-0.2, -0.15) is 0 Å². The van der Waals surface area contributed by atoms with E-state index in [1.54, 1.807) is 14.2 Å². The van der Waals surface area contributed by atoms with E-state index in [0.717, 1.165) is 88.6 Å². The summed E-state index contributed by atoms with van der Waals surface area (Å²) in [6.45, 7) is 12.8. The molecule has 0 aliphatic carbocycles. The van der Waals surface area contributed by atoms with Crippen LogP contribution in [0.2, 0.25) is 18.1 Å². The van der Waals surface area contributed by atoms with E-state index >= 15 is 0 Å². The number of hydrogen-bond donors (Lipinski definition) is 2. The molecule has 14 heteroatoms. The Kier molecular flexibility index (Phi) is 27.1. The first-order valence-electron chi connectivity index (χ1n) is 29.5. The quantitative estimate of drug-likeness (QED) is 0.0220. The summed E-state index contributed by atoms with van der Waals surface area (Å²) < 4.78 is 46.3. The van der Waals surface area contributed by atoms with Gasteiger partial charge in [0.2, 0.25) is 0 Å². The van der Waals surface area contributed by atoms with Crippen molar-refractivity contribution in [1.82, 2.24) is 19.9 Å². The molecular formula is C66H87BrN4O8Si. The maximum absolute atomic E-state index is 6.30. The van der Waals surface area contributed by atoms with Crippen molar-refractivity contribution in [2.75, 3.05) is 93.5 Å². The fourth-order valence-electron chi connectivity index (χ4n) is 10.2. The lowest BCUT2D eigenvalue weighted by Gasteiger charge is -2.27. The Morgan fingerprint density at radius 1 is 0.450 bits per heavy atom. The molecule has 2 aliphatic rings. The Bertz CT molecular complexity index is 2880. The predicted octanol–water partition coefficient (Wildman–Crippen LogP) is 15.9. The Labute approximate surface area is 485 Å². The van der Waals surface area contributed by atoms with Crippen molar-refractivity contribution >= 4 is 70.4 Å². The summed E-state index contributed by atoms with van der Waals surface area (Å²) in [7, 11) is 1.24. The second-order valence-corrected chi connectivity index (χ2v) is 25.7. The average molecular weight is 1170 g/mol. The van der Waals surface area contributed by atoms with E-state index in [9.17, 15) is 0 Å². The first-order chi connectivity index (χ1) is 39.4. The Balaban J connectivity index is 1.37. The van der Waals surface area contributed by atoms with Crippen LogP contribution >= 0.6 is 15.9 Å². The molecule has 0 spiro atoms. The molecule has 2 aliphatic heterocycles. The lowest BCUT2D eigenvalue weighted by atomic mass is 10.0. The number of hydrogen-bond acceptors (Lipinski definition) is 10. The Hall–Kier alpha value is -5.34. The SMILES string of the molecule is CCCCCC[Si](C#Cc1c2nc(c(-c3cccc(OCCOCCOCCOC)c3)c3ccc([nH]3)c(Br)c3nc(c(-c4cccc(OCCOCCOCCOC)c4)c4ccc1[nH]4)C=C3)C=C2)(CCCCCC)CCCCCC. The molecule has 0 amide bonds. The first-order valence-corrected chi connectivity index (χ1v) is 32.9. The molecular weight excluding hydrogens is 1080 g/mol. The topological polar surface area (TPSA) is 131 Å². The van der Waals surface area contributed by atoms with Gasteiger partial charge >= 0.3 is 0 Å². The van der Waals surface area contributed by atoms with Gasteiger partial charge in [-0.25, -0.2) is 9.97 Å². The highest BCUT2D eigenvalue weighted by molar-refractivity contribution is 9.10. The lowest BCUT2D eigenvalue weighted by Crippen LogP contribution is -2.32. The zero-order valence-corrected chi connectivity index (χ0v) is 51.0. The molecule has 0 saturated heterocycles. The van der Waals surface area contributed by atoms with Crippen molar-refractivity contribution in [3.05, 3.63) is 106 Å². The molecule has 5 heterocycles. The van der Waals surface area contributed by atoms with Crippen LogP contribution in [0.4, 0.5) is 0 Å². The van der Waals surface area contributed by atoms with Gasteiger partial charge in [-0.3, -0.25) is 0 Å². The molecule has 0 atom stereocenters. The van der Waals surface area contributed by atoms with Crippen molar-refractivity contribution in [3.63, 3.8) is 0 Å². The third-order valence-corrected chi connectivity index (χ3v) is 19.9. The molecule has 12 nitrogen and oxygen atoms in total. The fourth-order valence-corrected chi connectivity index (χ4v) is 14.9. The normalized spacial score (nSPS) is 12.1. The monoisotopic (exact) mass is 1170 g/mol. The molecule has 0 fully saturated rings. The predicted molar refractivity (Wildman–Crippen MR) is 335 cm³/mol. The number of methoxy groups -OCH3 is 2. The van der Waals surface area contributed by atoms with Crippen molar-refractivity contribution in [2.24, 2.45) is 0 Å². The maximum Gasteiger partial charge on any atom is 0.138 e. The molecule has 3 aromatic heterocycles. The third kappa shape index (κ3) is 19.1. The number of nitrogens with one attached hydrogen (secondary N) is 2. The van der Waals surface area contributed by atoms with Gasteiger partial charge in [0, 0.05) is 36.4 Å². The van der Waals surface area contributed by atoms with Crippen LogP contribution in [0.15, 0.2) is 77.3 Å². The van der Waals surface area contributed by atoms with Crippen LogP contribution < -0.4 is 9.47 Å². The number of aromatic nitrogens is 4. The van der Waals surface area contributed by atoms with Crippen molar-refractivity contribution in [1.29, 1.82) is 0 Å². The van der Waals surface area contributed by atoms with Gasteiger partial charge in [0.25, 0.3) is 0 Å². The minimum Gasteiger partial charge on any atom is -0.491 e. The van der Waals surface area contributed by atoms with Crippen LogP contribution in [0, 0.1) is 11.5 Å². The van der Waals surface area contributed by atoms with Gasteiger partial charge in [-0.1, -0.05) is 128 Å². The highest BCUT2D eigenvalue weighted by atomic mass is 79.9. The molecule has 0 saturated carbocycles. The van der Waals surface area contributed by atoms with E-state index in [1.165, 1.54) is 95.2 Å². The van der Waals surface area contributed by atoms with Crippen molar-refractivity contribution < 1.29 is 37.9 Å². The smallest absolute Gasteiger partial charge is 0.138 e. The highest BCUT2D eigenvalue weighted by Crippen LogP contribution is 2.37. The standard InChI is InChI=1S/C66H87BrN4O8Si/c1-6-9-12-15-45-80(46-16-13-10-7-2,47-17-14-11-8-3)48-32-55-56-24-26-58(68-56)64(51-20-18-22-53(49-51)78-43-41-76-39-37-74-35-33-72-4)60-28-30-62(70-60)66(67)63-31-29-61(71-63)65(59-27-25-57(55)69-59)52-21-19-23-54(50-52)79-44-42-77-40-38-75-36-34-73-5/h18-31,49-50,68,71H,6-17,33-47H2,1-5H3. The molecule has 0 radical (unpaired) electrons. The fraction of sp³-hybridized carbons (Fsp3) is 0.485. The molecule has 2 N–H and O–H groups in total. The number of halogens is 1. The van der Waals surface area contributed by atoms with Gasteiger partial charge in [-0.15, -0.1) is 5.54 Å². The van der Waals surface area contributed by atoms with Gasteiger partial charge in [0.15, 0.2) is 0 Å². The van der Waals surface area contributed by atoms with Crippen LogP contribution in [-0.2, 0) is 28.4 Å². The van der Waals surface area contributed by atoms with E-state index in [2.05, 4.69) is 131 Å². The third-order valence-electron chi connectivity index (χ3n) is 14.5. The van der Waals surface area contributed by atoms with Crippen LogP contribution in [0.25, 0.3) is 68.6 Å². The van der Waals surface area contributed by atoms with Crippen LogP contribution in [0.1, 0.15) is 126 Å². The van der Waals surface area contributed by atoms with Gasteiger partial charge in [0.05, 0.1) is 110 Å². The Morgan fingerprint density at radius 3 is 1.35 bits per heavy atom. The number of aromatic amines is 2. The zero-order chi connectivity index (χ0) is 56.0. The van der Waals surface area contributed by atoms with E-state index in [4.69, 9.17) is 47.9 Å². The molecule has 430 valence electrons. The summed E-state index contributed by atoms with van der Waals surface area (Å²) in [5, 5.41) is 0. The summed E-state index contributed by atoms with van der Waals surface area (Å²) in [5.74, 6) is 5.49. The number of benzene rings is 2. The lowest BCUT2D eigenvalue weighted by molar-refractivity contribution is 0.0180. The minimum absolute atomic E-state index is 0.398. The van der Waals surface area contributed by atoms with Gasteiger partial charge < -0.3 is 47.9 Å².